The average molecular weight is 605 g/mol. The molecule has 2 rings (SSSR count). The molecule has 11 heteroatoms. The fourth-order valence-electron chi connectivity index (χ4n) is 3.58. The van der Waals surface area contributed by atoms with Crippen LogP contribution in [0.3, 0.4) is 0 Å². The Hall–Kier alpha value is -0.690. The van der Waals surface area contributed by atoms with Gasteiger partial charge in [0.1, 0.15) is 0 Å². The van der Waals surface area contributed by atoms with E-state index in [1.165, 1.54) is 17.2 Å². The zero-order valence-corrected chi connectivity index (χ0v) is 25.9. The summed E-state index contributed by atoms with van der Waals surface area (Å²) in [5.74, 6) is -0.153. The first-order chi connectivity index (χ1) is 17.8. The van der Waals surface area contributed by atoms with Crippen molar-refractivity contribution in [3.8, 4) is 0 Å². The molecule has 0 N–H and O–H groups in total. The minimum atomic E-state index is -3.57. The van der Waals surface area contributed by atoms with Gasteiger partial charge < -0.3 is 0 Å². The summed E-state index contributed by atoms with van der Waals surface area (Å²) < 4.78 is 56.0. The van der Waals surface area contributed by atoms with Crippen LogP contribution in [-0.2, 0) is 31.6 Å². The Morgan fingerprint density at radius 1 is 0.568 bits per heavy atom. The van der Waals surface area contributed by atoms with Crippen molar-refractivity contribution < 1.29 is 16.8 Å². The van der Waals surface area contributed by atoms with Crippen LogP contribution in [0.15, 0.2) is 60.7 Å². The Kier molecular flexibility index (Phi) is 15.7. The molecule has 0 amide bonds. The smallest absolute Gasteiger partial charge is 0.211 e. The summed E-state index contributed by atoms with van der Waals surface area (Å²) in [4.78, 5) is 0. The van der Waals surface area contributed by atoms with Gasteiger partial charge in [-0.05, 0) is 24.0 Å². The average Bonchev–Trinajstić information content (AvgIpc) is 2.87. The SMILES string of the molecule is CCCCCCN(SSSN(CCCCCC)S(=O)(=O)Cc1ccccc1)S(=O)(=O)Cc1ccccc1. The summed E-state index contributed by atoms with van der Waals surface area (Å²) >= 11 is 0. The van der Waals surface area contributed by atoms with Gasteiger partial charge in [-0.15, -0.1) is 7.42 Å². The standard InChI is InChI=1S/C26H40N2O4S5/c1-3-5-7-15-21-27(36(29,30)23-25-17-11-9-12-18-25)33-35-34-28(22-16-8-6-4-2)37(31,32)24-26-19-13-10-14-20-26/h9-14,17-20H,3-8,15-16,21-24H2,1-2H3. The molecule has 0 bridgehead atoms. The molecule has 0 aromatic heterocycles. The van der Waals surface area contributed by atoms with Gasteiger partial charge in [-0.25, -0.2) is 16.8 Å². The quantitative estimate of drug-likeness (QED) is 0.0872. The van der Waals surface area contributed by atoms with Crippen LogP contribution in [0, 0.1) is 0 Å². The van der Waals surface area contributed by atoms with E-state index in [0.717, 1.165) is 84.5 Å². The van der Waals surface area contributed by atoms with E-state index >= 15 is 0 Å². The van der Waals surface area contributed by atoms with Crippen LogP contribution in [0.1, 0.15) is 76.3 Å². The van der Waals surface area contributed by atoms with Crippen LogP contribution in [0.25, 0.3) is 0 Å². The van der Waals surface area contributed by atoms with Gasteiger partial charge in [-0.2, -0.15) is 0 Å². The molecular weight excluding hydrogens is 565 g/mol. The van der Waals surface area contributed by atoms with E-state index in [1.54, 1.807) is 0 Å². The molecule has 6 nitrogen and oxygen atoms in total. The lowest BCUT2D eigenvalue weighted by Crippen LogP contribution is -2.28. The maximum atomic E-state index is 13.3. The first-order valence-electron chi connectivity index (χ1n) is 12.9. The molecule has 2 aromatic carbocycles. The van der Waals surface area contributed by atoms with Crippen molar-refractivity contribution in [2.45, 2.75) is 76.7 Å². The molecule has 37 heavy (non-hydrogen) atoms. The zero-order valence-electron chi connectivity index (χ0n) is 21.8. The van der Waals surface area contributed by atoms with E-state index in [4.69, 9.17) is 0 Å². The van der Waals surface area contributed by atoms with Crippen molar-refractivity contribution in [3.05, 3.63) is 71.8 Å². The summed E-state index contributed by atoms with van der Waals surface area (Å²) in [5.41, 5.74) is 1.48. The second kappa shape index (κ2) is 17.8. The fraction of sp³-hybridized carbons (Fsp3) is 0.538. The lowest BCUT2D eigenvalue weighted by Gasteiger charge is -2.23. The van der Waals surface area contributed by atoms with Gasteiger partial charge in [0.2, 0.25) is 20.0 Å². The number of nitrogens with zero attached hydrogens (tertiary/aromatic N) is 2. The van der Waals surface area contributed by atoms with E-state index in [9.17, 15) is 16.8 Å². The van der Waals surface area contributed by atoms with Gasteiger partial charge in [0.15, 0.2) is 0 Å². The highest BCUT2D eigenvalue weighted by atomic mass is 33.5. The Labute approximate surface area is 236 Å². The van der Waals surface area contributed by atoms with Crippen molar-refractivity contribution in [3.63, 3.8) is 0 Å². The maximum absolute atomic E-state index is 13.3. The molecule has 2 aromatic rings. The van der Waals surface area contributed by atoms with Crippen LogP contribution < -0.4 is 0 Å². The van der Waals surface area contributed by atoms with Crippen LogP contribution >= 0.6 is 31.8 Å². The van der Waals surface area contributed by atoms with Crippen LogP contribution in [0.5, 0.6) is 0 Å². The third kappa shape index (κ3) is 12.8. The molecule has 0 saturated carbocycles. The number of rotatable bonds is 20. The summed E-state index contributed by atoms with van der Waals surface area (Å²) in [6.45, 7) is 5.05. The van der Waals surface area contributed by atoms with Crippen molar-refractivity contribution in [1.82, 2.24) is 7.42 Å². The largest absolute Gasteiger partial charge is 0.228 e. The van der Waals surface area contributed by atoms with Crippen molar-refractivity contribution >= 4 is 51.8 Å². The Bertz CT molecular complexity index is 997. The Morgan fingerprint density at radius 2 is 0.946 bits per heavy atom. The molecule has 0 atom stereocenters. The number of benzene rings is 2. The Balaban J connectivity index is 2.09. The summed E-state index contributed by atoms with van der Waals surface area (Å²) in [6, 6.07) is 18.3. The first kappa shape index (κ1) is 32.5. The molecule has 0 saturated heterocycles. The molecular formula is C26H40N2O4S5. The molecule has 0 aliphatic rings. The highest BCUT2D eigenvalue weighted by Gasteiger charge is 2.27. The second-order valence-electron chi connectivity index (χ2n) is 8.87. The number of hydrogen-bond acceptors (Lipinski definition) is 7. The molecule has 0 unspecified atom stereocenters. The lowest BCUT2D eigenvalue weighted by atomic mass is 10.2. The third-order valence-electron chi connectivity index (χ3n) is 5.62. The van der Waals surface area contributed by atoms with Gasteiger partial charge in [0, 0.05) is 44.9 Å². The lowest BCUT2D eigenvalue weighted by molar-refractivity contribution is 0.523. The molecule has 0 heterocycles. The van der Waals surface area contributed by atoms with Crippen LogP contribution in [0.2, 0.25) is 0 Å². The molecule has 0 fully saturated rings. The normalized spacial score (nSPS) is 12.4. The van der Waals surface area contributed by atoms with Gasteiger partial charge in [-0.1, -0.05) is 113 Å². The highest BCUT2D eigenvalue weighted by Crippen LogP contribution is 2.43. The van der Waals surface area contributed by atoms with Gasteiger partial charge in [0.05, 0.1) is 11.5 Å². The van der Waals surface area contributed by atoms with Crippen LogP contribution in [0.4, 0.5) is 0 Å². The molecule has 0 spiro atoms. The Morgan fingerprint density at radius 3 is 1.30 bits per heavy atom. The topological polar surface area (TPSA) is 74.8 Å². The summed E-state index contributed by atoms with van der Waals surface area (Å²) in [6.07, 6.45) is 7.72. The van der Waals surface area contributed by atoms with Gasteiger partial charge in [0.25, 0.3) is 0 Å². The fourth-order valence-corrected chi connectivity index (χ4v) is 12.9. The van der Waals surface area contributed by atoms with Gasteiger partial charge in [-0.3, -0.25) is 0 Å². The van der Waals surface area contributed by atoms with E-state index < -0.39 is 20.0 Å². The highest BCUT2D eigenvalue weighted by molar-refractivity contribution is 9.09. The molecule has 0 radical (unpaired) electrons. The minimum absolute atomic E-state index is 0.0765. The minimum Gasteiger partial charge on any atom is -0.211 e. The van der Waals surface area contributed by atoms with E-state index in [0.29, 0.717) is 13.1 Å². The summed E-state index contributed by atoms with van der Waals surface area (Å²) in [7, 11) is -3.71. The van der Waals surface area contributed by atoms with Crippen molar-refractivity contribution in [2.24, 2.45) is 0 Å². The number of hydrogen-bond donors (Lipinski definition) is 0. The first-order valence-corrected chi connectivity index (χ1v) is 19.5. The molecule has 0 aliphatic carbocycles. The third-order valence-corrected chi connectivity index (χ3v) is 14.4. The number of sulfonamides is 2. The molecule has 0 aliphatic heterocycles. The maximum Gasteiger partial charge on any atom is 0.228 e. The van der Waals surface area contributed by atoms with E-state index in [2.05, 4.69) is 13.8 Å². The van der Waals surface area contributed by atoms with E-state index in [1.807, 2.05) is 60.7 Å². The predicted molar refractivity (Wildman–Crippen MR) is 163 cm³/mol. The van der Waals surface area contributed by atoms with E-state index in [-0.39, 0.29) is 11.5 Å². The van der Waals surface area contributed by atoms with Crippen molar-refractivity contribution in [1.29, 1.82) is 0 Å². The summed E-state index contributed by atoms with van der Waals surface area (Å²) in [5, 5.41) is 0. The van der Waals surface area contributed by atoms with Crippen LogP contribution in [-0.4, -0.2) is 37.3 Å². The van der Waals surface area contributed by atoms with Crippen molar-refractivity contribution in [2.75, 3.05) is 13.1 Å². The zero-order chi connectivity index (χ0) is 27.0. The molecule has 208 valence electrons. The predicted octanol–water partition coefficient (Wildman–Crippen LogP) is 7.67. The monoisotopic (exact) mass is 604 g/mol. The second-order valence-corrected chi connectivity index (χ2v) is 17.0. The van der Waals surface area contributed by atoms with Gasteiger partial charge >= 0.3 is 0 Å². The number of unbranched alkanes of at least 4 members (excludes halogenated alkanes) is 6.